The first-order valence-electron chi connectivity index (χ1n) is 7.77. The Labute approximate surface area is 135 Å². The number of amides is 2. The Morgan fingerprint density at radius 3 is 2.57 bits per heavy atom. The second kappa shape index (κ2) is 7.76. The molecule has 124 valence electrons. The quantitative estimate of drug-likeness (QED) is 0.845. The van der Waals surface area contributed by atoms with Gasteiger partial charge in [0.1, 0.15) is 0 Å². The lowest BCUT2D eigenvalue weighted by Gasteiger charge is -2.34. The number of benzene rings is 1. The Morgan fingerprint density at radius 1 is 1.22 bits per heavy atom. The highest BCUT2D eigenvalue weighted by Gasteiger charge is 2.31. The number of carboxylic acids is 1. The van der Waals surface area contributed by atoms with E-state index in [9.17, 15) is 14.4 Å². The molecular weight excluding hydrogens is 296 g/mol. The topological polar surface area (TPSA) is 86.7 Å². The van der Waals surface area contributed by atoms with E-state index in [4.69, 9.17) is 5.11 Å². The minimum atomic E-state index is -0.873. The van der Waals surface area contributed by atoms with Crippen LogP contribution < -0.4 is 5.32 Å². The number of aliphatic carboxylic acids is 1. The van der Waals surface area contributed by atoms with Gasteiger partial charge in [0.25, 0.3) is 0 Å². The Bertz CT molecular complexity index is 573. The van der Waals surface area contributed by atoms with Crippen molar-refractivity contribution >= 4 is 17.8 Å². The normalized spacial score (nSPS) is 20.8. The van der Waals surface area contributed by atoms with Crippen molar-refractivity contribution in [3.8, 4) is 0 Å². The van der Waals surface area contributed by atoms with E-state index in [-0.39, 0.29) is 37.2 Å². The fraction of sp³-hybridized carbons (Fsp3) is 0.471. The smallest absolute Gasteiger partial charge is 0.308 e. The molecule has 6 nitrogen and oxygen atoms in total. The molecule has 2 rings (SSSR count). The molecule has 2 atom stereocenters. The summed E-state index contributed by atoms with van der Waals surface area (Å²) in [4.78, 5) is 36.7. The molecule has 6 heteroatoms. The van der Waals surface area contributed by atoms with Gasteiger partial charge in [-0.2, -0.15) is 0 Å². The largest absolute Gasteiger partial charge is 0.481 e. The van der Waals surface area contributed by atoms with E-state index in [1.165, 1.54) is 4.90 Å². The average molecular weight is 318 g/mol. The monoisotopic (exact) mass is 318 g/mol. The number of rotatable bonds is 5. The summed E-state index contributed by atoms with van der Waals surface area (Å²) in [7, 11) is 0. The first-order chi connectivity index (χ1) is 11.0. The molecule has 0 bridgehead atoms. The minimum Gasteiger partial charge on any atom is -0.481 e. The molecule has 1 aromatic rings. The molecule has 2 unspecified atom stereocenters. The second-order valence-corrected chi connectivity index (χ2v) is 6.11. The Kier molecular flexibility index (Phi) is 5.73. The van der Waals surface area contributed by atoms with Gasteiger partial charge in [-0.05, 0) is 17.9 Å². The standard InChI is InChI=1S/C17H22N2O4/c1-12-7-14(17(22)23)11-19(10-12)16(21)9-18-15(20)8-13-5-3-2-4-6-13/h2-6,12,14H,7-11H2,1H3,(H,18,20)(H,22,23). The predicted octanol–water partition coefficient (Wildman–Crippen LogP) is 0.915. The van der Waals surface area contributed by atoms with Crippen molar-refractivity contribution in [3.05, 3.63) is 35.9 Å². The van der Waals surface area contributed by atoms with Gasteiger partial charge in [-0.15, -0.1) is 0 Å². The molecule has 1 saturated heterocycles. The molecule has 1 heterocycles. The highest BCUT2D eigenvalue weighted by atomic mass is 16.4. The zero-order valence-electron chi connectivity index (χ0n) is 13.2. The number of piperidine rings is 1. The highest BCUT2D eigenvalue weighted by molar-refractivity contribution is 5.86. The zero-order valence-corrected chi connectivity index (χ0v) is 13.2. The Balaban J connectivity index is 1.82. The summed E-state index contributed by atoms with van der Waals surface area (Å²) >= 11 is 0. The van der Waals surface area contributed by atoms with E-state index in [0.29, 0.717) is 13.0 Å². The van der Waals surface area contributed by atoms with Crippen LogP contribution in [-0.2, 0) is 20.8 Å². The summed E-state index contributed by atoms with van der Waals surface area (Å²) in [5.74, 6) is -1.70. The third-order valence-corrected chi connectivity index (χ3v) is 4.01. The summed E-state index contributed by atoms with van der Waals surface area (Å²) in [6.45, 7) is 2.60. The highest BCUT2D eigenvalue weighted by Crippen LogP contribution is 2.21. The van der Waals surface area contributed by atoms with E-state index in [2.05, 4.69) is 5.32 Å². The molecule has 1 aliphatic rings. The lowest BCUT2D eigenvalue weighted by atomic mass is 9.90. The molecule has 1 aliphatic heterocycles. The van der Waals surface area contributed by atoms with Gasteiger partial charge in [-0.1, -0.05) is 37.3 Å². The SMILES string of the molecule is CC1CC(C(=O)O)CN(C(=O)CNC(=O)Cc2ccccc2)C1. The van der Waals surface area contributed by atoms with Gasteiger partial charge in [-0.25, -0.2) is 0 Å². The molecule has 1 aromatic carbocycles. The number of nitrogens with zero attached hydrogens (tertiary/aromatic N) is 1. The summed E-state index contributed by atoms with van der Waals surface area (Å²) < 4.78 is 0. The maximum atomic E-state index is 12.2. The van der Waals surface area contributed by atoms with Crippen molar-refractivity contribution in [2.45, 2.75) is 19.8 Å². The molecule has 1 fully saturated rings. The van der Waals surface area contributed by atoms with E-state index < -0.39 is 11.9 Å². The first-order valence-corrected chi connectivity index (χ1v) is 7.77. The first kappa shape index (κ1) is 17.0. The summed E-state index contributed by atoms with van der Waals surface area (Å²) in [5.41, 5.74) is 0.884. The number of carboxylic acid groups (broad SMARTS) is 1. The molecule has 0 aromatic heterocycles. The maximum absolute atomic E-state index is 12.2. The van der Waals surface area contributed by atoms with Gasteiger partial charge >= 0.3 is 5.97 Å². The average Bonchev–Trinajstić information content (AvgIpc) is 2.53. The molecule has 0 aliphatic carbocycles. The fourth-order valence-electron chi connectivity index (χ4n) is 2.86. The van der Waals surface area contributed by atoms with Crippen LogP contribution in [0.2, 0.25) is 0 Å². The van der Waals surface area contributed by atoms with E-state index in [0.717, 1.165) is 5.56 Å². The van der Waals surface area contributed by atoms with Crippen molar-refractivity contribution in [3.63, 3.8) is 0 Å². The van der Waals surface area contributed by atoms with Crippen molar-refractivity contribution < 1.29 is 19.5 Å². The molecule has 0 saturated carbocycles. The number of nitrogens with one attached hydrogen (secondary N) is 1. The molecule has 2 amide bonds. The fourth-order valence-corrected chi connectivity index (χ4v) is 2.86. The van der Waals surface area contributed by atoms with Crippen LogP contribution >= 0.6 is 0 Å². The van der Waals surface area contributed by atoms with Gasteiger partial charge in [0.2, 0.25) is 11.8 Å². The van der Waals surface area contributed by atoms with Crippen molar-refractivity contribution in [1.82, 2.24) is 10.2 Å². The molecule has 0 radical (unpaired) electrons. The third-order valence-electron chi connectivity index (χ3n) is 4.01. The van der Waals surface area contributed by atoms with Crippen LogP contribution in [0.25, 0.3) is 0 Å². The summed E-state index contributed by atoms with van der Waals surface area (Å²) in [6.07, 6.45) is 0.807. The van der Waals surface area contributed by atoms with Crippen molar-refractivity contribution in [2.24, 2.45) is 11.8 Å². The van der Waals surface area contributed by atoms with Crippen LogP contribution in [0.5, 0.6) is 0 Å². The number of hydrogen-bond donors (Lipinski definition) is 2. The summed E-state index contributed by atoms with van der Waals surface area (Å²) in [6, 6.07) is 9.29. The van der Waals surface area contributed by atoms with Gasteiger partial charge in [0, 0.05) is 13.1 Å². The van der Waals surface area contributed by atoms with Crippen LogP contribution in [0.1, 0.15) is 18.9 Å². The van der Waals surface area contributed by atoms with Crippen LogP contribution in [0.4, 0.5) is 0 Å². The number of likely N-dealkylation sites (tertiary alicyclic amines) is 1. The molecule has 23 heavy (non-hydrogen) atoms. The molecule has 2 N–H and O–H groups in total. The van der Waals surface area contributed by atoms with Crippen LogP contribution in [0, 0.1) is 11.8 Å². The Morgan fingerprint density at radius 2 is 1.91 bits per heavy atom. The van der Waals surface area contributed by atoms with E-state index in [1.807, 2.05) is 37.3 Å². The van der Waals surface area contributed by atoms with Gasteiger partial charge in [0.05, 0.1) is 18.9 Å². The maximum Gasteiger partial charge on any atom is 0.308 e. The van der Waals surface area contributed by atoms with Gasteiger partial charge in [-0.3, -0.25) is 14.4 Å². The lowest BCUT2D eigenvalue weighted by Crippen LogP contribution is -2.49. The van der Waals surface area contributed by atoms with Crippen molar-refractivity contribution in [2.75, 3.05) is 19.6 Å². The van der Waals surface area contributed by atoms with Gasteiger partial charge < -0.3 is 15.3 Å². The van der Waals surface area contributed by atoms with Crippen LogP contribution in [-0.4, -0.2) is 47.4 Å². The molecular formula is C17H22N2O4. The van der Waals surface area contributed by atoms with Crippen molar-refractivity contribution in [1.29, 1.82) is 0 Å². The lowest BCUT2D eigenvalue weighted by molar-refractivity contribution is -0.147. The summed E-state index contributed by atoms with van der Waals surface area (Å²) in [5, 5.41) is 11.7. The third kappa shape index (κ3) is 5.09. The van der Waals surface area contributed by atoms with Crippen LogP contribution in [0.3, 0.4) is 0 Å². The van der Waals surface area contributed by atoms with Gasteiger partial charge in [0.15, 0.2) is 0 Å². The second-order valence-electron chi connectivity index (χ2n) is 6.11. The zero-order chi connectivity index (χ0) is 16.8. The van der Waals surface area contributed by atoms with E-state index in [1.54, 1.807) is 0 Å². The van der Waals surface area contributed by atoms with Crippen LogP contribution in [0.15, 0.2) is 30.3 Å². The molecule has 0 spiro atoms. The minimum absolute atomic E-state index is 0.0925. The Hall–Kier alpha value is -2.37. The number of carbonyl (C=O) groups is 3. The predicted molar refractivity (Wildman–Crippen MR) is 84.6 cm³/mol. The number of carbonyl (C=O) groups excluding carboxylic acids is 2. The number of hydrogen-bond acceptors (Lipinski definition) is 3. The van der Waals surface area contributed by atoms with E-state index >= 15 is 0 Å².